The molecule has 0 unspecified atom stereocenters. The summed E-state index contributed by atoms with van der Waals surface area (Å²) in [5, 5.41) is 4.66. The summed E-state index contributed by atoms with van der Waals surface area (Å²) in [6, 6.07) is 27.8. The maximum Gasteiger partial charge on any atom is 0.344 e. The molecule has 0 fully saturated rings. The van der Waals surface area contributed by atoms with Gasteiger partial charge in [-0.25, -0.2) is 4.79 Å². The largest absolute Gasteiger partial charge is 0.465 e. The third-order valence-electron chi connectivity index (χ3n) is 4.59. The van der Waals surface area contributed by atoms with Crippen LogP contribution in [-0.4, -0.2) is 22.9 Å². The molecule has 4 rings (SSSR count). The quantitative estimate of drug-likeness (QED) is 0.492. The van der Waals surface area contributed by atoms with Crippen LogP contribution in [0.1, 0.15) is 10.4 Å². The van der Waals surface area contributed by atoms with Crippen LogP contribution in [-0.2, 0) is 4.74 Å². The van der Waals surface area contributed by atoms with Gasteiger partial charge in [0.25, 0.3) is 5.56 Å². The molecule has 1 heterocycles. The maximum atomic E-state index is 13.3. The number of aromatic nitrogens is 2. The SMILES string of the molecule is COC(=O)c1c(-c2ccccc2)c(-c2ccccc2)nn(-c2ccccc2)c1=O. The van der Waals surface area contributed by atoms with E-state index >= 15 is 0 Å². The van der Waals surface area contributed by atoms with E-state index in [2.05, 4.69) is 5.10 Å². The Labute approximate surface area is 167 Å². The van der Waals surface area contributed by atoms with E-state index in [1.165, 1.54) is 11.8 Å². The molecule has 29 heavy (non-hydrogen) atoms. The third kappa shape index (κ3) is 3.46. The summed E-state index contributed by atoms with van der Waals surface area (Å²) in [5.41, 5.74) is 2.50. The standard InChI is InChI=1S/C24H18N2O3/c1-29-24(28)21-20(17-11-5-2-6-12-17)22(18-13-7-3-8-14-18)25-26(23(21)27)19-15-9-4-10-16-19/h2-16H,1H3. The lowest BCUT2D eigenvalue weighted by molar-refractivity contribution is 0.0599. The third-order valence-corrected chi connectivity index (χ3v) is 4.59. The number of rotatable bonds is 4. The van der Waals surface area contributed by atoms with Crippen molar-refractivity contribution in [1.82, 2.24) is 9.78 Å². The van der Waals surface area contributed by atoms with E-state index in [1.807, 2.05) is 78.9 Å². The van der Waals surface area contributed by atoms with Crippen molar-refractivity contribution >= 4 is 5.97 Å². The summed E-state index contributed by atoms with van der Waals surface area (Å²) >= 11 is 0. The monoisotopic (exact) mass is 382 g/mol. The minimum absolute atomic E-state index is 0.0450. The fraction of sp³-hybridized carbons (Fsp3) is 0.0417. The molecule has 0 aliphatic rings. The number of hydrogen-bond acceptors (Lipinski definition) is 4. The Morgan fingerprint density at radius 2 is 1.31 bits per heavy atom. The summed E-state index contributed by atoms with van der Waals surface area (Å²) in [6.45, 7) is 0. The molecule has 0 amide bonds. The topological polar surface area (TPSA) is 61.2 Å². The summed E-state index contributed by atoms with van der Waals surface area (Å²) in [4.78, 5) is 26.1. The molecule has 4 aromatic rings. The zero-order valence-corrected chi connectivity index (χ0v) is 15.8. The Bertz CT molecular complexity index is 1200. The van der Waals surface area contributed by atoms with Gasteiger partial charge in [-0.1, -0.05) is 78.9 Å². The lowest BCUT2D eigenvalue weighted by Gasteiger charge is -2.16. The second-order valence-electron chi connectivity index (χ2n) is 6.37. The van der Waals surface area contributed by atoms with Crippen molar-refractivity contribution in [2.24, 2.45) is 0 Å². The van der Waals surface area contributed by atoms with E-state index in [0.717, 1.165) is 11.1 Å². The predicted octanol–water partition coefficient (Wildman–Crippen LogP) is 4.35. The summed E-state index contributed by atoms with van der Waals surface area (Å²) in [5.74, 6) is -0.696. The van der Waals surface area contributed by atoms with Crippen LogP contribution < -0.4 is 5.56 Å². The molecule has 0 radical (unpaired) electrons. The number of carbonyl (C=O) groups is 1. The summed E-state index contributed by atoms with van der Waals surface area (Å²) in [7, 11) is 1.27. The van der Waals surface area contributed by atoms with Crippen LogP contribution in [0.25, 0.3) is 28.1 Å². The van der Waals surface area contributed by atoms with E-state index in [-0.39, 0.29) is 5.56 Å². The average molecular weight is 382 g/mol. The van der Waals surface area contributed by atoms with E-state index in [9.17, 15) is 9.59 Å². The molecule has 0 aliphatic carbocycles. The van der Waals surface area contributed by atoms with Gasteiger partial charge in [0, 0.05) is 11.1 Å². The number of para-hydroxylation sites is 1. The first-order chi connectivity index (χ1) is 14.2. The Morgan fingerprint density at radius 3 is 1.86 bits per heavy atom. The molecule has 142 valence electrons. The van der Waals surface area contributed by atoms with Gasteiger partial charge in [-0.3, -0.25) is 4.79 Å². The number of methoxy groups -OCH3 is 1. The molecule has 0 bridgehead atoms. The Morgan fingerprint density at radius 1 is 0.793 bits per heavy atom. The van der Waals surface area contributed by atoms with Gasteiger partial charge < -0.3 is 4.74 Å². The molecule has 5 nitrogen and oxygen atoms in total. The molecule has 0 spiro atoms. The van der Waals surface area contributed by atoms with E-state index in [0.29, 0.717) is 16.9 Å². The minimum atomic E-state index is -0.696. The lowest BCUT2D eigenvalue weighted by Crippen LogP contribution is -2.30. The molecular formula is C24H18N2O3. The van der Waals surface area contributed by atoms with E-state index in [1.54, 1.807) is 12.1 Å². The normalized spacial score (nSPS) is 10.5. The van der Waals surface area contributed by atoms with Crippen LogP contribution in [0, 0.1) is 0 Å². The van der Waals surface area contributed by atoms with Gasteiger partial charge in [-0.05, 0) is 17.7 Å². The number of ether oxygens (including phenoxy) is 1. The highest BCUT2D eigenvalue weighted by Gasteiger charge is 2.26. The minimum Gasteiger partial charge on any atom is -0.465 e. The molecule has 1 aromatic heterocycles. The van der Waals surface area contributed by atoms with Crippen LogP contribution in [0.15, 0.2) is 95.8 Å². The van der Waals surface area contributed by atoms with Crippen LogP contribution in [0.2, 0.25) is 0 Å². The Balaban J connectivity index is 2.15. The Kier molecular flexibility index (Phi) is 5.03. The highest BCUT2D eigenvalue weighted by molar-refractivity contribution is 6.00. The molecule has 5 heteroatoms. The second-order valence-corrected chi connectivity index (χ2v) is 6.37. The number of esters is 1. The first kappa shape index (κ1) is 18.4. The molecule has 0 aliphatic heterocycles. The zero-order valence-electron chi connectivity index (χ0n) is 15.8. The van der Waals surface area contributed by atoms with Crippen molar-refractivity contribution in [2.75, 3.05) is 7.11 Å². The number of carbonyl (C=O) groups excluding carboxylic acids is 1. The maximum absolute atomic E-state index is 13.3. The van der Waals surface area contributed by atoms with Gasteiger partial charge in [0.05, 0.1) is 12.8 Å². The lowest BCUT2D eigenvalue weighted by atomic mass is 9.95. The predicted molar refractivity (Wildman–Crippen MR) is 112 cm³/mol. The van der Waals surface area contributed by atoms with Crippen LogP contribution in [0.5, 0.6) is 0 Å². The fourth-order valence-corrected chi connectivity index (χ4v) is 3.25. The van der Waals surface area contributed by atoms with Gasteiger partial charge in [-0.2, -0.15) is 9.78 Å². The summed E-state index contributed by atoms with van der Waals surface area (Å²) in [6.07, 6.45) is 0. The van der Waals surface area contributed by atoms with Crippen molar-refractivity contribution in [3.63, 3.8) is 0 Å². The summed E-state index contributed by atoms with van der Waals surface area (Å²) < 4.78 is 6.23. The van der Waals surface area contributed by atoms with Gasteiger partial charge in [0.15, 0.2) is 0 Å². The van der Waals surface area contributed by atoms with Crippen molar-refractivity contribution in [3.8, 4) is 28.1 Å². The first-order valence-corrected chi connectivity index (χ1v) is 9.12. The van der Waals surface area contributed by atoms with Crippen LogP contribution >= 0.6 is 0 Å². The van der Waals surface area contributed by atoms with E-state index < -0.39 is 11.5 Å². The van der Waals surface area contributed by atoms with Crippen molar-refractivity contribution in [3.05, 3.63) is 107 Å². The van der Waals surface area contributed by atoms with Crippen LogP contribution in [0.4, 0.5) is 0 Å². The van der Waals surface area contributed by atoms with E-state index in [4.69, 9.17) is 4.74 Å². The zero-order chi connectivity index (χ0) is 20.2. The molecule has 0 saturated carbocycles. The fourth-order valence-electron chi connectivity index (χ4n) is 3.25. The number of hydrogen-bond donors (Lipinski definition) is 0. The van der Waals surface area contributed by atoms with Crippen LogP contribution in [0.3, 0.4) is 0 Å². The first-order valence-electron chi connectivity index (χ1n) is 9.12. The molecule has 0 N–H and O–H groups in total. The van der Waals surface area contributed by atoms with Crippen molar-refractivity contribution in [2.45, 2.75) is 0 Å². The van der Waals surface area contributed by atoms with Gasteiger partial charge in [-0.15, -0.1) is 0 Å². The smallest absolute Gasteiger partial charge is 0.344 e. The van der Waals surface area contributed by atoms with Gasteiger partial charge in [0.2, 0.25) is 0 Å². The number of benzene rings is 3. The highest BCUT2D eigenvalue weighted by Crippen LogP contribution is 2.32. The average Bonchev–Trinajstić information content (AvgIpc) is 2.80. The van der Waals surface area contributed by atoms with Crippen molar-refractivity contribution < 1.29 is 9.53 Å². The molecule has 3 aromatic carbocycles. The van der Waals surface area contributed by atoms with Gasteiger partial charge in [0.1, 0.15) is 11.3 Å². The second kappa shape index (κ2) is 7.94. The molecular weight excluding hydrogens is 364 g/mol. The molecule has 0 saturated heterocycles. The number of nitrogens with zero attached hydrogens (tertiary/aromatic N) is 2. The van der Waals surface area contributed by atoms with Crippen molar-refractivity contribution in [1.29, 1.82) is 0 Å². The Hall–Kier alpha value is -3.99. The highest BCUT2D eigenvalue weighted by atomic mass is 16.5. The molecule has 0 atom stereocenters. The van der Waals surface area contributed by atoms with Gasteiger partial charge >= 0.3 is 5.97 Å².